The lowest BCUT2D eigenvalue weighted by Gasteiger charge is -2.40. The Morgan fingerprint density at radius 1 is 0.846 bits per heavy atom. The molecule has 0 fully saturated rings. The van der Waals surface area contributed by atoms with Gasteiger partial charge in [-0.25, -0.2) is 0 Å². The van der Waals surface area contributed by atoms with Crippen molar-refractivity contribution >= 4 is 15.9 Å². The average Bonchev–Trinajstić information content (AvgIpc) is 1.82. The van der Waals surface area contributed by atoms with Gasteiger partial charge in [0, 0.05) is 12.1 Å². The summed E-state index contributed by atoms with van der Waals surface area (Å²) in [5.41, 5.74) is 3.55. The monoisotopic (exact) mass is 220 g/mol. The zero-order valence-electron chi connectivity index (χ0n) is 6.31. The van der Waals surface area contributed by atoms with Crippen molar-refractivity contribution < 1.29 is 25.2 Å². The fraction of sp³-hybridized carbons (Fsp3) is 0. The molecule has 7 heteroatoms. The lowest BCUT2D eigenvalue weighted by atomic mass is 10.3. The molecule has 0 heterocycles. The molecule has 0 saturated heterocycles. The first-order valence-corrected chi connectivity index (χ1v) is 5.10. The predicted octanol–water partition coefficient (Wildman–Crippen LogP) is 3.22. The van der Waals surface area contributed by atoms with Crippen LogP contribution in [0, 0.1) is 0 Å². The first kappa shape index (κ1) is 10.3. The highest BCUT2D eigenvalue weighted by molar-refractivity contribution is 8.45. The second-order valence-corrected chi connectivity index (χ2v) is 5.02. The van der Waals surface area contributed by atoms with Crippen molar-refractivity contribution in [1.29, 1.82) is 0 Å². The van der Waals surface area contributed by atoms with Crippen LogP contribution in [0.25, 0.3) is 0 Å². The molecule has 1 aromatic carbocycles. The highest BCUT2D eigenvalue weighted by Gasteiger charge is 2.65. The van der Waals surface area contributed by atoms with Gasteiger partial charge in [-0.2, -0.15) is 0 Å². The fourth-order valence-electron chi connectivity index (χ4n) is 0.747. The molecule has 1 aromatic rings. The van der Waals surface area contributed by atoms with E-state index in [-0.39, 0.29) is 5.69 Å². The first-order chi connectivity index (χ1) is 5.49. The number of quaternary nitrogens is 1. The van der Waals surface area contributed by atoms with Crippen LogP contribution in [-0.4, -0.2) is 0 Å². The summed E-state index contributed by atoms with van der Waals surface area (Å²) in [5, 5.41) is 0. The van der Waals surface area contributed by atoms with Crippen molar-refractivity contribution in [3.63, 3.8) is 0 Å². The molecule has 3 N–H and O–H groups in total. The Kier molecular flexibility index (Phi) is 1.56. The second-order valence-electron chi connectivity index (χ2n) is 2.61. The molecule has 0 spiro atoms. The van der Waals surface area contributed by atoms with Gasteiger partial charge in [-0.3, -0.25) is 0 Å². The summed E-state index contributed by atoms with van der Waals surface area (Å²) in [5.74, 6) is 0. The molecule has 1 rings (SSSR count). The molecule has 0 aliphatic carbocycles. The Balaban J connectivity index is 3.34. The van der Waals surface area contributed by atoms with Gasteiger partial charge in [-0.05, 0) is 12.1 Å². The summed E-state index contributed by atoms with van der Waals surface area (Å²) >= 11 is 0. The summed E-state index contributed by atoms with van der Waals surface area (Å²) in [6.07, 6.45) is 0. The number of benzene rings is 1. The van der Waals surface area contributed by atoms with Gasteiger partial charge in [0.05, 0.1) is 0 Å². The van der Waals surface area contributed by atoms with Crippen molar-refractivity contribution in [2.75, 3.05) is 0 Å². The summed E-state index contributed by atoms with van der Waals surface area (Å²) in [4.78, 5) is -1.88. The molecule has 0 saturated carbocycles. The van der Waals surface area contributed by atoms with E-state index in [1.165, 1.54) is 0 Å². The molecule has 0 radical (unpaired) electrons. The maximum absolute atomic E-state index is 12.1. The van der Waals surface area contributed by atoms with E-state index in [4.69, 9.17) is 0 Å². The van der Waals surface area contributed by atoms with Crippen molar-refractivity contribution in [3.8, 4) is 0 Å². The Hall–Kier alpha value is -0.820. The molecule has 0 atom stereocenters. The number of hydrogen-bond donors (Lipinski definition) is 1. The minimum atomic E-state index is -9.48. The predicted molar refractivity (Wildman–Crippen MR) is 40.4 cm³/mol. The van der Waals surface area contributed by atoms with Crippen molar-refractivity contribution in [3.05, 3.63) is 24.3 Å². The van der Waals surface area contributed by atoms with Crippen LogP contribution in [0.3, 0.4) is 0 Å². The van der Waals surface area contributed by atoms with E-state index in [0.29, 0.717) is 12.1 Å². The third kappa shape index (κ3) is 2.56. The van der Waals surface area contributed by atoms with Gasteiger partial charge in [-0.1, -0.05) is 19.4 Å². The Bertz CT molecular complexity index is 325. The maximum Gasteiger partial charge on any atom is 0.310 e. The molecule has 1 nitrogen and oxygen atoms in total. The van der Waals surface area contributed by atoms with Crippen LogP contribution in [0.1, 0.15) is 0 Å². The number of rotatable bonds is 1. The second kappa shape index (κ2) is 1.98. The molecule has 0 aromatic heterocycles. The van der Waals surface area contributed by atoms with Gasteiger partial charge >= 0.3 is 10.2 Å². The third-order valence-corrected chi connectivity index (χ3v) is 2.53. The number of hydrogen-bond acceptors (Lipinski definition) is 0. The fourth-order valence-corrected chi connectivity index (χ4v) is 1.40. The van der Waals surface area contributed by atoms with Crippen LogP contribution >= 0.6 is 10.2 Å². The zero-order chi connectivity index (χ0) is 10.4. The largest absolute Gasteiger partial charge is 0.325 e. The lowest BCUT2D eigenvalue weighted by molar-refractivity contribution is -0.254. The topological polar surface area (TPSA) is 27.6 Å². The molecule has 0 bridgehead atoms. The standard InChI is InChI=1S/C6H6F5NS/c7-13(8,9,10,11)6-3-1-5(12)2-4-6/h1-4H,12H2/p+1. The van der Waals surface area contributed by atoms with Crippen LogP contribution in [-0.2, 0) is 0 Å². The van der Waals surface area contributed by atoms with E-state index in [1.807, 2.05) is 0 Å². The van der Waals surface area contributed by atoms with Crippen molar-refractivity contribution in [2.24, 2.45) is 0 Å². The van der Waals surface area contributed by atoms with Gasteiger partial charge in [0.15, 0.2) is 0 Å². The SMILES string of the molecule is [NH3+]c1ccc(S(F)(F)(F)(F)F)cc1. The van der Waals surface area contributed by atoms with Crippen LogP contribution < -0.4 is 5.73 Å². The summed E-state index contributed by atoms with van der Waals surface area (Å²) in [6, 6.07) is 2.47. The van der Waals surface area contributed by atoms with E-state index >= 15 is 0 Å². The lowest BCUT2D eigenvalue weighted by Crippen LogP contribution is -2.39. The molecule has 0 unspecified atom stereocenters. The van der Waals surface area contributed by atoms with Gasteiger partial charge in [0.1, 0.15) is 10.6 Å². The highest BCUT2D eigenvalue weighted by atomic mass is 32.5. The smallest absolute Gasteiger partial charge is 0.310 e. The molecule has 13 heavy (non-hydrogen) atoms. The molecule has 0 aliphatic rings. The quantitative estimate of drug-likeness (QED) is 0.704. The third-order valence-electron chi connectivity index (χ3n) is 1.37. The maximum atomic E-state index is 12.1. The van der Waals surface area contributed by atoms with Gasteiger partial charge in [0.25, 0.3) is 0 Å². The molecular formula is C6H7F5NS+. The number of halogens is 5. The zero-order valence-corrected chi connectivity index (χ0v) is 7.13. The highest BCUT2D eigenvalue weighted by Crippen LogP contribution is 3.02. The van der Waals surface area contributed by atoms with Gasteiger partial charge in [0.2, 0.25) is 0 Å². The Labute approximate surface area is 71.1 Å². The van der Waals surface area contributed by atoms with Crippen LogP contribution in [0.15, 0.2) is 29.2 Å². The van der Waals surface area contributed by atoms with E-state index in [2.05, 4.69) is 5.73 Å². The van der Waals surface area contributed by atoms with E-state index in [9.17, 15) is 19.4 Å². The van der Waals surface area contributed by atoms with Crippen LogP contribution in [0.5, 0.6) is 0 Å². The Morgan fingerprint density at radius 3 is 1.54 bits per heavy atom. The van der Waals surface area contributed by atoms with E-state index in [0.717, 1.165) is 12.1 Å². The van der Waals surface area contributed by atoms with Crippen LogP contribution in [0.4, 0.5) is 25.1 Å². The normalized spacial score (nSPS) is 17.7. The Morgan fingerprint density at radius 2 is 1.23 bits per heavy atom. The van der Waals surface area contributed by atoms with Gasteiger partial charge in [-0.15, -0.1) is 0 Å². The molecular weight excluding hydrogens is 213 g/mol. The molecule has 0 amide bonds. The molecule has 0 aliphatic heterocycles. The molecule has 76 valence electrons. The van der Waals surface area contributed by atoms with E-state index < -0.39 is 15.1 Å². The van der Waals surface area contributed by atoms with Crippen molar-refractivity contribution in [1.82, 2.24) is 0 Å². The van der Waals surface area contributed by atoms with Crippen LogP contribution in [0.2, 0.25) is 0 Å². The minimum Gasteiger partial charge on any atom is -0.325 e. The minimum absolute atomic E-state index is 0.255. The van der Waals surface area contributed by atoms with Gasteiger partial charge < -0.3 is 5.73 Å². The van der Waals surface area contributed by atoms with Crippen molar-refractivity contribution in [2.45, 2.75) is 4.90 Å². The van der Waals surface area contributed by atoms with E-state index in [1.54, 1.807) is 0 Å². The summed E-state index contributed by atoms with van der Waals surface area (Å²) in [7, 11) is -9.48. The summed E-state index contributed by atoms with van der Waals surface area (Å²) < 4.78 is 60.3. The average molecular weight is 220 g/mol. The first-order valence-electron chi connectivity index (χ1n) is 3.15. The summed E-state index contributed by atoms with van der Waals surface area (Å²) in [6.45, 7) is 0.